The lowest BCUT2D eigenvalue weighted by Gasteiger charge is -2.02. The average molecular weight is 265 g/mol. The number of halogens is 1. The molecule has 0 atom stereocenters. The fraction of sp³-hybridized carbons (Fsp3) is 0.167. The number of benzene rings is 1. The molecular weight excluding hydrogens is 252 g/mol. The van der Waals surface area contributed by atoms with E-state index in [0.29, 0.717) is 22.9 Å². The molecule has 0 aliphatic carbocycles. The molecule has 0 radical (unpaired) electrons. The molecule has 0 aliphatic rings. The molecule has 1 heterocycles. The number of rotatable bonds is 4. The van der Waals surface area contributed by atoms with E-state index in [1.165, 1.54) is 0 Å². The Balaban J connectivity index is 2.44. The minimum atomic E-state index is -0.0811. The molecule has 5 nitrogen and oxygen atoms in total. The number of aromatic amines is 1. The molecule has 4 N–H and O–H groups in total. The quantitative estimate of drug-likeness (QED) is 0.447. The fourth-order valence-electron chi connectivity index (χ4n) is 1.55. The molecule has 2 rings (SSSR count). The van der Waals surface area contributed by atoms with Crippen molar-refractivity contribution in [3.8, 4) is 11.3 Å². The number of aliphatic hydroxyl groups excluding tert-OH is 1. The first-order valence-corrected chi connectivity index (χ1v) is 5.91. The molecule has 2 aromatic rings. The highest BCUT2D eigenvalue weighted by Crippen LogP contribution is 2.29. The van der Waals surface area contributed by atoms with Gasteiger partial charge in [0.2, 0.25) is 0 Å². The number of aromatic nitrogens is 2. The summed E-state index contributed by atoms with van der Waals surface area (Å²) in [5, 5.41) is 15.9. The first kappa shape index (κ1) is 12.6. The zero-order valence-corrected chi connectivity index (χ0v) is 10.4. The van der Waals surface area contributed by atoms with Crippen LogP contribution in [0.2, 0.25) is 0 Å². The topological polar surface area (TPSA) is 87.3 Å². The molecule has 0 aliphatic heterocycles. The van der Waals surface area contributed by atoms with Gasteiger partial charge in [0.05, 0.1) is 29.6 Å². The Labute approximate surface area is 109 Å². The number of nitrogens with one attached hydrogen (secondary N) is 1. The Bertz CT molecular complexity index is 565. The number of alkyl halides is 1. The van der Waals surface area contributed by atoms with Crippen molar-refractivity contribution in [2.75, 3.05) is 5.88 Å². The van der Waals surface area contributed by atoms with E-state index in [9.17, 15) is 0 Å². The number of aliphatic hydroxyl groups is 1. The summed E-state index contributed by atoms with van der Waals surface area (Å²) in [6.07, 6.45) is 0. The van der Waals surface area contributed by atoms with E-state index >= 15 is 0 Å². The first-order valence-electron chi connectivity index (χ1n) is 5.38. The standard InChI is InChI=1S/C12H13ClN4O/c13-6-12(14)15-10-4-2-1-3-9(10)11-5-8(7-18)16-17-11/h1-5,18H,6-7H2,(H2,14,15)(H,16,17). The van der Waals surface area contributed by atoms with Crippen LogP contribution in [0.5, 0.6) is 0 Å². The number of hydrogen-bond donors (Lipinski definition) is 3. The van der Waals surface area contributed by atoms with Crippen LogP contribution < -0.4 is 5.73 Å². The molecule has 0 bridgehead atoms. The Morgan fingerprint density at radius 3 is 2.89 bits per heavy atom. The highest BCUT2D eigenvalue weighted by molar-refractivity contribution is 6.28. The SMILES string of the molecule is NC(CCl)=Nc1ccccc1-c1cc(CO)[nH]n1. The molecule has 0 unspecified atom stereocenters. The summed E-state index contributed by atoms with van der Waals surface area (Å²) in [5.41, 5.74) is 8.52. The van der Waals surface area contributed by atoms with Gasteiger partial charge in [-0.25, -0.2) is 4.99 Å². The third-order valence-corrected chi connectivity index (χ3v) is 2.66. The monoisotopic (exact) mass is 264 g/mol. The second-order valence-corrected chi connectivity index (χ2v) is 3.96. The van der Waals surface area contributed by atoms with E-state index in [-0.39, 0.29) is 12.5 Å². The Morgan fingerprint density at radius 2 is 2.22 bits per heavy atom. The maximum absolute atomic E-state index is 9.01. The first-order chi connectivity index (χ1) is 8.74. The van der Waals surface area contributed by atoms with E-state index in [1.807, 2.05) is 24.3 Å². The van der Waals surface area contributed by atoms with Gasteiger partial charge in [0.15, 0.2) is 0 Å². The molecular formula is C12H13ClN4O. The molecule has 0 saturated heterocycles. The Hall–Kier alpha value is -1.85. The van der Waals surface area contributed by atoms with Crippen molar-refractivity contribution in [3.05, 3.63) is 36.0 Å². The van der Waals surface area contributed by atoms with E-state index < -0.39 is 0 Å². The van der Waals surface area contributed by atoms with Crippen molar-refractivity contribution in [2.24, 2.45) is 10.7 Å². The number of hydrogen-bond acceptors (Lipinski definition) is 3. The Morgan fingerprint density at radius 1 is 1.44 bits per heavy atom. The van der Waals surface area contributed by atoms with Crippen LogP contribution in [0.3, 0.4) is 0 Å². The molecule has 0 spiro atoms. The van der Waals surface area contributed by atoms with E-state index in [4.69, 9.17) is 22.4 Å². The molecule has 18 heavy (non-hydrogen) atoms. The molecule has 0 fully saturated rings. The van der Waals surface area contributed by atoms with E-state index in [0.717, 1.165) is 5.56 Å². The largest absolute Gasteiger partial charge is 0.390 e. The zero-order chi connectivity index (χ0) is 13.0. The number of amidine groups is 1. The Kier molecular flexibility index (Phi) is 3.96. The van der Waals surface area contributed by atoms with Crippen LogP contribution in [0.15, 0.2) is 35.3 Å². The van der Waals surface area contributed by atoms with Crippen LogP contribution in [0.25, 0.3) is 11.3 Å². The minimum absolute atomic E-state index is 0.0811. The second kappa shape index (κ2) is 5.66. The molecule has 0 amide bonds. The summed E-state index contributed by atoms with van der Waals surface area (Å²) in [6, 6.07) is 9.24. The predicted molar refractivity (Wildman–Crippen MR) is 71.9 cm³/mol. The molecule has 0 saturated carbocycles. The van der Waals surface area contributed by atoms with Crippen molar-refractivity contribution in [1.29, 1.82) is 0 Å². The number of nitrogens with zero attached hydrogens (tertiary/aromatic N) is 2. The van der Waals surface area contributed by atoms with Crippen LogP contribution in [-0.2, 0) is 6.61 Å². The van der Waals surface area contributed by atoms with Gasteiger partial charge in [-0.1, -0.05) is 18.2 Å². The molecule has 94 valence electrons. The molecule has 1 aromatic carbocycles. The summed E-state index contributed by atoms with van der Waals surface area (Å²) in [6.45, 7) is -0.0811. The lowest BCUT2D eigenvalue weighted by atomic mass is 10.1. The van der Waals surface area contributed by atoms with Crippen molar-refractivity contribution in [3.63, 3.8) is 0 Å². The van der Waals surface area contributed by atoms with Gasteiger partial charge in [-0.05, 0) is 12.1 Å². The van der Waals surface area contributed by atoms with Gasteiger partial charge in [0.1, 0.15) is 5.84 Å². The van der Waals surface area contributed by atoms with Gasteiger partial charge < -0.3 is 10.8 Å². The molecule has 1 aromatic heterocycles. The zero-order valence-electron chi connectivity index (χ0n) is 9.60. The lowest BCUT2D eigenvalue weighted by molar-refractivity contribution is 0.276. The normalized spacial score (nSPS) is 11.8. The third kappa shape index (κ3) is 2.69. The van der Waals surface area contributed by atoms with Crippen LogP contribution in [0, 0.1) is 0 Å². The van der Waals surface area contributed by atoms with Crippen LogP contribution in [0.4, 0.5) is 5.69 Å². The highest BCUT2D eigenvalue weighted by Gasteiger charge is 2.08. The van der Waals surface area contributed by atoms with Gasteiger partial charge in [-0.3, -0.25) is 5.10 Å². The van der Waals surface area contributed by atoms with Crippen molar-refractivity contribution < 1.29 is 5.11 Å². The highest BCUT2D eigenvalue weighted by atomic mass is 35.5. The van der Waals surface area contributed by atoms with Gasteiger partial charge in [-0.15, -0.1) is 11.6 Å². The summed E-state index contributed by atoms with van der Waals surface area (Å²) in [4.78, 5) is 4.24. The van der Waals surface area contributed by atoms with E-state index in [2.05, 4.69) is 15.2 Å². The second-order valence-electron chi connectivity index (χ2n) is 3.69. The van der Waals surface area contributed by atoms with Crippen LogP contribution >= 0.6 is 11.6 Å². The smallest absolute Gasteiger partial charge is 0.115 e. The van der Waals surface area contributed by atoms with Crippen LogP contribution in [-0.4, -0.2) is 27.0 Å². The van der Waals surface area contributed by atoms with Crippen molar-refractivity contribution in [1.82, 2.24) is 10.2 Å². The summed E-state index contributed by atoms with van der Waals surface area (Å²) < 4.78 is 0. The fourth-order valence-corrected chi connectivity index (χ4v) is 1.61. The van der Waals surface area contributed by atoms with Gasteiger partial charge >= 0.3 is 0 Å². The third-order valence-electron chi connectivity index (χ3n) is 2.38. The molecule has 6 heteroatoms. The average Bonchev–Trinajstić information content (AvgIpc) is 2.88. The van der Waals surface area contributed by atoms with E-state index in [1.54, 1.807) is 6.07 Å². The minimum Gasteiger partial charge on any atom is -0.390 e. The summed E-state index contributed by atoms with van der Waals surface area (Å²) in [7, 11) is 0. The summed E-state index contributed by atoms with van der Waals surface area (Å²) >= 11 is 5.62. The maximum Gasteiger partial charge on any atom is 0.115 e. The number of para-hydroxylation sites is 1. The number of H-pyrrole nitrogens is 1. The predicted octanol–water partition coefficient (Wildman–Crippen LogP) is 1.80. The van der Waals surface area contributed by atoms with Crippen molar-refractivity contribution in [2.45, 2.75) is 6.61 Å². The lowest BCUT2D eigenvalue weighted by Crippen LogP contribution is -2.12. The van der Waals surface area contributed by atoms with Gasteiger partial charge in [-0.2, -0.15) is 5.10 Å². The number of aliphatic imine (C=N–C) groups is 1. The van der Waals surface area contributed by atoms with Gasteiger partial charge in [0, 0.05) is 5.56 Å². The number of nitrogens with two attached hydrogens (primary N) is 1. The van der Waals surface area contributed by atoms with Crippen LogP contribution in [0.1, 0.15) is 5.69 Å². The van der Waals surface area contributed by atoms with Crippen molar-refractivity contribution >= 4 is 23.1 Å². The van der Waals surface area contributed by atoms with Gasteiger partial charge in [0.25, 0.3) is 0 Å². The summed E-state index contributed by atoms with van der Waals surface area (Å²) in [5.74, 6) is 0.526. The maximum atomic E-state index is 9.01.